The molecule has 2 heterocycles. The SMILES string of the molecule is Cn1nc(NS(C)(=O)=O)c2c(Cl)ccc(-c3cccnc3)c21. The highest BCUT2D eigenvalue weighted by Gasteiger charge is 2.18. The lowest BCUT2D eigenvalue weighted by Gasteiger charge is -2.06. The average Bonchev–Trinajstić information content (AvgIpc) is 2.76. The second-order valence-corrected chi connectivity index (χ2v) is 7.06. The average molecular weight is 337 g/mol. The number of anilines is 1. The van der Waals surface area contributed by atoms with Crippen molar-refractivity contribution in [3.8, 4) is 11.1 Å². The third kappa shape index (κ3) is 2.65. The summed E-state index contributed by atoms with van der Waals surface area (Å²) in [5.41, 5.74) is 2.52. The van der Waals surface area contributed by atoms with E-state index in [1.54, 1.807) is 30.2 Å². The fraction of sp³-hybridized carbons (Fsp3) is 0.143. The van der Waals surface area contributed by atoms with Gasteiger partial charge in [-0.3, -0.25) is 14.4 Å². The molecule has 0 aliphatic carbocycles. The number of aromatic nitrogens is 3. The van der Waals surface area contributed by atoms with Crippen LogP contribution in [0.4, 0.5) is 5.82 Å². The standard InChI is InChI=1S/C14H13ClN4O2S/c1-19-13-10(9-4-3-7-16-8-9)5-6-11(15)12(13)14(17-19)18-22(2,20)21/h3-8H,1-2H3,(H,17,18). The Morgan fingerprint density at radius 1 is 1.27 bits per heavy atom. The second kappa shape index (κ2) is 5.26. The molecule has 0 atom stereocenters. The molecule has 1 aromatic carbocycles. The first-order chi connectivity index (χ1) is 10.4. The quantitative estimate of drug-likeness (QED) is 0.797. The number of rotatable bonds is 3. The zero-order valence-electron chi connectivity index (χ0n) is 11.9. The second-order valence-electron chi connectivity index (χ2n) is 4.91. The molecule has 0 aliphatic heterocycles. The molecule has 3 aromatic rings. The van der Waals surface area contributed by atoms with Crippen molar-refractivity contribution in [2.45, 2.75) is 0 Å². The van der Waals surface area contributed by atoms with Crippen LogP contribution in [0.1, 0.15) is 0 Å². The highest BCUT2D eigenvalue weighted by molar-refractivity contribution is 7.92. The Balaban J connectivity index is 2.33. The summed E-state index contributed by atoms with van der Waals surface area (Å²) in [5.74, 6) is 0.218. The van der Waals surface area contributed by atoms with Gasteiger partial charge in [-0.2, -0.15) is 5.10 Å². The lowest BCUT2D eigenvalue weighted by atomic mass is 10.0. The summed E-state index contributed by atoms with van der Waals surface area (Å²) in [7, 11) is -1.70. The van der Waals surface area contributed by atoms with E-state index in [9.17, 15) is 8.42 Å². The van der Waals surface area contributed by atoms with E-state index >= 15 is 0 Å². The molecule has 0 saturated heterocycles. The number of hydrogen-bond donors (Lipinski definition) is 1. The van der Waals surface area contributed by atoms with Crippen molar-refractivity contribution in [3.63, 3.8) is 0 Å². The van der Waals surface area contributed by atoms with Gasteiger partial charge in [-0.25, -0.2) is 8.42 Å². The van der Waals surface area contributed by atoms with E-state index in [1.807, 2.05) is 18.2 Å². The molecule has 0 unspecified atom stereocenters. The number of halogens is 1. The Bertz CT molecular complexity index is 952. The van der Waals surface area contributed by atoms with E-state index in [-0.39, 0.29) is 5.82 Å². The van der Waals surface area contributed by atoms with Gasteiger partial charge in [0.05, 0.1) is 22.2 Å². The smallest absolute Gasteiger partial charge is 0.231 e. The summed E-state index contributed by atoms with van der Waals surface area (Å²) in [5, 5.41) is 5.24. The van der Waals surface area contributed by atoms with E-state index in [1.165, 1.54) is 0 Å². The first-order valence-corrected chi connectivity index (χ1v) is 8.67. The highest BCUT2D eigenvalue weighted by atomic mass is 35.5. The largest absolute Gasteiger partial charge is 0.266 e. The molecule has 1 N–H and O–H groups in total. The molecule has 6 nitrogen and oxygen atoms in total. The lowest BCUT2D eigenvalue weighted by molar-refractivity contribution is 0.606. The Morgan fingerprint density at radius 3 is 2.68 bits per heavy atom. The van der Waals surface area contributed by atoms with E-state index < -0.39 is 10.0 Å². The topological polar surface area (TPSA) is 76.9 Å². The van der Waals surface area contributed by atoms with Crippen LogP contribution in [0.3, 0.4) is 0 Å². The summed E-state index contributed by atoms with van der Waals surface area (Å²) in [6.07, 6.45) is 4.50. The predicted octanol–water partition coefficient (Wildman–Crippen LogP) is 2.66. The Kier molecular flexibility index (Phi) is 3.54. The van der Waals surface area contributed by atoms with Crippen molar-refractivity contribution < 1.29 is 8.42 Å². The third-order valence-electron chi connectivity index (χ3n) is 3.19. The van der Waals surface area contributed by atoms with Gasteiger partial charge >= 0.3 is 0 Å². The zero-order chi connectivity index (χ0) is 15.9. The maximum Gasteiger partial charge on any atom is 0.231 e. The first-order valence-electron chi connectivity index (χ1n) is 6.40. The zero-order valence-corrected chi connectivity index (χ0v) is 13.5. The van der Waals surface area contributed by atoms with Gasteiger partial charge in [-0.05, 0) is 12.1 Å². The minimum Gasteiger partial charge on any atom is -0.266 e. The van der Waals surface area contributed by atoms with Crippen molar-refractivity contribution in [2.75, 3.05) is 11.0 Å². The van der Waals surface area contributed by atoms with Gasteiger partial charge in [-0.15, -0.1) is 0 Å². The maximum atomic E-state index is 11.5. The summed E-state index contributed by atoms with van der Waals surface area (Å²) < 4.78 is 27.0. The van der Waals surface area contributed by atoms with Crippen molar-refractivity contribution in [1.29, 1.82) is 0 Å². The van der Waals surface area contributed by atoms with Crippen LogP contribution >= 0.6 is 11.6 Å². The normalized spacial score (nSPS) is 11.8. The summed E-state index contributed by atoms with van der Waals surface area (Å²) in [6.45, 7) is 0. The molecular weight excluding hydrogens is 324 g/mol. The van der Waals surface area contributed by atoms with Crippen LogP contribution < -0.4 is 4.72 Å². The Hall–Kier alpha value is -2.12. The van der Waals surface area contributed by atoms with Gasteiger partial charge in [0.25, 0.3) is 0 Å². The van der Waals surface area contributed by atoms with E-state index in [0.717, 1.165) is 22.9 Å². The Morgan fingerprint density at radius 2 is 2.05 bits per heavy atom. The van der Waals surface area contributed by atoms with Crippen LogP contribution in [0, 0.1) is 0 Å². The van der Waals surface area contributed by atoms with Crippen LogP contribution in [0.5, 0.6) is 0 Å². The number of benzene rings is 1. The number of sulfonamides is 1. The summed E-state index contributed by atoms with van der Waals surface area (Å²) in [4.78, 5) is 4.11. The fourth-order valence-corrected chi connectivity index (χ4v) is 3.12. The van der Waals surface area contributed by atoms with Gasteiger partial charge in [0, 0.05) is 30.6 Å². The molecule has 0 aliphatic rings. The molecule has 2 aromatic heterocycles. The Labute approximate surface area is 132 Å². The molecule has 0 saturated carbocycles. The van der Waals surface area contributed by atoms with Crippen LogP contribution in [-0.4, -0.2) is 29.4 Å². The molecule has 0 fully saturated rings. The predicted molar refractivity (Wildman–Crippen MR) is 87.4 cm³/mol. The summed E-state index contributed by atoms with van der Waals surface area (Å²) >= 11 is 6.26. The number of aryl methyl sites for hydroxylation is 1. The number of pyridine rings is 1. The van der Waals surface area contributed by atoms with Gasteiger partial charge < -0.3 is 0 Å². The molecule has 22 heavy (non-hydrogen) atoms. The fourth-order valence-electron chi connectivity index (χ4n) is 2.38. The van der Waals surface area contributed by atoms with Crippen molar-refractivity contribution in [2.24, 2.45) is 7.05 Å². The molecule has 0 amide bonds. The summed E-state index contributed by atoms with van der Waals surface area (Å²) in [6, 6.07) is 7.35. The lowest BCUT2D eigenvalue weighted by Crippen LogP contribution is -2.10. The molecule has 0 spiro atoms. The van der Waals surface area contributed by atoms with Crippen LogP contribution in [0.15, 0.2) is 36.7 Å². The van der Waals surface area contributed by atoms with Crippen LogP contribution in [0.2, 0.25) is 5.02 Å². The van der Waals surface area contributed by atoms with Gasteiger partial charge in [0.2, 0.25) is 10.0 Å². The molecule has 0 bridgehead atoms. The van der Waals surface area contributed by atoms with E-state index in [4.69, 9.17) is 11.6 Å². The number of nitrogens with one attached hydrogen (secondary N) is 1. The molecule has 114 valence electrons. The van der Waals surface area contributed by atoms with Crippen molar-refractivity contribution in [1.82, 2.24) is 14.8 Å². The number of hydrogen-bond acceptors (Lipinski definition) is 4. The molecule has 8 heteroatoms. The minimum absolute atomic E-state index is 0.218. The van der Waals surface area contributed by atoms with Crippen LogP contribution in [-0.2, 0) is 17.1 Å². The van der Waals surface area contributed by atoms with Crippen molar-refractivity contribution >= 4 is 38.3 Å². The molecular formula is C14H13ClN4O2S. The monoisotopic (exact) mass is 336 g/mol. The van der Waals surface area contributed by atoms with Crippen molar-refractivity contribution in [3.05, 3.63) is 41.7 Å². The number of fused-ring (bicyclic) bond motifs is 1. The first kappa shape index (κ1) is 14.8. The molecule has 3 rings (SSSR count). The maximum absolute atomic E-state index is 11.5. The van der Waals surface area contributed by atoms with Gasteiger partial charge in [0.1, 0.15) is 0 Å². The van der Waals surface area contributed by atoms with Gasteiger partial charge in [-0.1, -0.05) is 23.7 Å². The highest BCUT2D eigenvalue weighted by Crippen LogP contribution is 2.36. The number of nitrogens with zero attached hydrogens (tertiary/aromatic N) is 3. The third-order valence-corrected chi connectivity index (χ3v) is 4.07. The van der Waals surface area contributed by atoms with E-state index in [0.29, 0.717) is 10.4 Å². The van der Waals surface area contributed by atoms with Gasteiger partial charge in [0.15, 0.2) is 5.82 Å². The molecule has 0 radical (unpaired) electrons. The minimum atomic E-state index is -3.45. The van der Waals surface area contributed by atoms with Crippen LogP contribution in [0.25, 0.3) is 22.0 Å². The van der Waals surface area contributed by atoms with E-state index in [2.05, 4.69) is 14.8 Å².